The van der Waals surface area contributed by atoms with E-state index in [1.165, 1.54) is 0 Å². The van der Waals surface area contributed by atoms with Gasteiger partial charge in [-0.2, -0.15) is 0 Å². The minimum Gasteiger partial charge on any atom is -0.461 e. The van der Waals surface area contributed by atoms with E-state index in [9.17, 15) is 4.79 Å². The maximum absolute atomic E-state index is 11.7. The summed E-state index contributed by atoms with van der Waals surface area (Å²) in [5, 5.41) is 0. The number of ether oxygens (including phenoxy) is 1. The molecule has 0 saturated carbocycles. The number of carbonyl (C=O) groups is 1. The lowest BCUT2D eigenvalue weighted by Crippen LogP contribution is -2.08. The molecule has 0 spiro atoms. The smallest absolute Gasteiger partial charge is 0.310 e. The third kappa shape index (κ3) is 3.85. The maximum atomic E-state index is 11.7. The second-order valence-corrected chi connectivity index (χ2v) is 4.51. The van der Waals surface area contributed by atoms with Crippen LogP contribution in [-0.2, 0) is 22.6 Å². The van der Waals surface area contributed by atoms with E-state index >= 15 is 0 Å². The maximum Gasteiger partial charge on any atom is 0.310 e. The second-order valence-electron chi connectivity index (χ2n) is 4.51. The summed E-state index contributed by atoms with van der Waals surface area (Å²) < 4.78 is 5.27. The first-order chi connectivity index (χ1) is 9.15. The molecule has 0 fully saturated rings. The molecule has 0 unspecified atom stereocenters. The molecule has 3 heteroatoms. The summed E-state index contributed by atoms with van der Waals surface area (Å²) in [5.74, 6) is -0.229. The number of hydrogen-bond donors (Lipinski definition) is 1. The zero-order valence-corrected chi connectivity index (χ0v) is 10.9. The Bertz CT molecular complexity index is 561. The van der Waals surface area contributed by atoms with Gasteiger partial charge in [0.15, 0.2) is 0 Å². The van der Waals surface area contributed by atoms with Crippen LogP contribution in [-0.4, -0.2) is 5.97 Å². The molecule has 0 heterocycles. The van der Waals surface area contributed by atoms with Gasteiger partial charge in [-0.1, -0.05) is 36.4 Å². The largest absolute Gasteiger partial charge is 0.461 e. The van der Waals surface area contributed by atoms with Crippen LogP contribution in [0.2, 0.25) is 0 Å². The molecular weight excluding hydrogens is 238 g/mol. The lowest BCUT2D eigenvalue weighted by molar-refractivity contribution is -0.144. The standard InChI is InChI=1S/C16H17NO2/c1-12-4-2-3-5-14(12)11-19-16(18)10-13-6-8-15(17)9-7-13/h2-9H,10-11,17H2,1H3. The molecule has 0 aromatic heterocycles. The number of esters is 1. The van der Waals surface area contributed by atoms with Gasteiger partial charge in [-0.3, -0.25) is 4.79 Å². The van der Waals surface area contributed by atoms with Gasteiger partial charge in [0.05, 0.1) is 6.42 Å². The Balaban J connectivity index is 1.88. The van der Waals surface area contributed by atoms with Crippen LogP contribution in [0, 0.1) is 6.92 Å². The van der Waals surface area contributed by atoms with E-state index in [0.717, 1.165) is 16.7 Å². The second kappa shape index (κ2) is 6.05. The third-order valence-electron chi connectivity index (χ3n) is 2.98. The number of benzene rings is 2. The van der Waals surface area contributed by atoms with Crippen molar-refractivity contribution in [3.05, 3.63) is 65.2 Å². The van der Waals surface area contributed by atoms with Gasteiger partial charge < -0.3 is 10.5 Å². The van der Waals surface area contributed by atoms with E-state index in [2.05, 4.69) is 0 Å². The molecule has 0 aliphatic carbocycles. The highest BCUT2D eigenvalue weighted by molar-refractivity contribution is 5.72. The fraction of sp³-hybridized carbons (Fsp3) is 0.188. The Morgan fingerprint density at radius 1 is 1.11 bits per heavy atom. The molecule has 2 rings (SSSR count). The van der Waals surface area contributed by atoms with Crippen molar-refractivity contribution >= 4 is 11.7 Å². The number of nitrogens with two attached hydrogens (primary N) is 1. The van der Waals surface area contributed by atoms with Gasteiger partial charge in [0.1, 0.15) is 6.61 Å². The van der Waals surface area contributed by atoms with Crippen molar-refractivity contribution in [2.75, 3.05) is 5.73 Å². The van der Waals surface area contributed by atoms with Crippen LogP contribution in [0.5, 0.6) is 0 Å². The molecule has 98 valence electrons. The fourth-order valence-corrected chi connectivity index (χ4v) is 1.78. The van der Waals surface area contributed by atoms with Crippen molar-refractivity contribution in [1.29, 1.82) is 0 Å². The van der Waals surface area contributed by atoms with Crippen molar-refractivity contribution in [3.8, 4) is 0 Å². The Hall–Kier alpha value is -2.29. The van der Waals surface area contributed by atoms with Crippen molar-refractivity contribution in [2.24, 2.45) is 0 Å². The predicted molar refractivity (Wildman–Crippen MR) is 75.5 cm³/mol. The number of carbonyl (C=O) groups excluding carboxylic acids is 1. The average Bonchev–Trinajstić information content (AvgIpc) is 2.40. The highest BCUT2D eigenvalue weighted by Gasteiger charge is 2.06. The van der Waals surface area contributed by atoms with E-state index in [1.807, 2.05) is 43.3 Å². The summed E-state index contributed by atoms with van der Waals surface area (Å²) in [6.45, 7) is 2.32. The Morgan fingerprint density at radius 3 is 2.47 bits per heavy atom. The minimum atomic E-state index is -0.229. The molecule has 3 nitrogen and oxygen atoms in total. The molecule has 0 atom stereocenters. The topological polar surface area (TPSA) is 52.3 Å². The summed E-state index contributed by atoms with van der Waals surface area (Å²) in [5.41, 5.74) is 9.35. The molecule has 2 aromatic carbocycles. The zero-order valence-electron chi connectivity index (χ0n) is 10.9. The van der Waals surface area contributed by atoms with Gasteiger partial charge in [0.25, 0.3) is 0 Å². The van der Waals surface area contributed by atoms with Crippen LogP contribution in [0.15, 0.2) is 48.5 Å². The SMILES string of the molecule is Cc1ccccc1COC(=O)Cc1ccc(N)cc1. The van der Waals surface area contributed by atoms with Gasteiger partial charge >= 0.3 is 5.97 Å². The number of aryl methyl sites for hydroxylation is 1. The van der Waals surface area contributed by atoms with Crippen molar-refractivity contribution in [2.45, 2.75) is 20.0 Å². The van der Waals surface area contributed by atoms with Crippen molar-refractivity contribution in [1.82, 2.24) is 0 Å². The van der Waals surface area contributed by atoms with Gasteiger partial charge in [-0.15, -0.1) is 0 Å². The molecule has 19 heavy (non-hydrogen) atoms. The predicted octanol–water partition coefficient (Wildman–Crippen LogP) is 2.86. The molecule has 0 aliphatic heterocycles. The molecule has 0 radical (unpaired) electrons. The average molecular weight is 255 g/mol. The van der Waals surface area contributed by atoms with E-state index in [4.69, 9.17) is 10.5 Å². The summed E-state index contributed by atoms with van der Waals surface area (Å²) in [6, 6.07) is 15.1. The Labute approximate surface area is 113 Å². The van der Waals surface area contributed by atoms with Crippen molar-refractivity contribution < 1.29 is 9.53 Å². The third-order valence-corrected chi connectivity index (χ3v) is 2.98. The van der Waals surface area contributed by atoms with Crippen LogP contribution in [0.4, 0.5) is 5.69 Å². The summed E-state index contributed by atoms with van der Waals surface area (Å²) in [6.07, 6.45) is 0.270. The first-order valence-electron chi connectivity index (χ1n) is 6.19. The lowest BCUT2D eigenvalue weighted by atomic mass is 10.1. The fourth-order valence-electron chi connectivity index (χ4n) is 1.78. The van der Waals surface area contributed by atoms with E-state index < -0.39 is 0 Å². The van der Waals surface area contributed by atoms with Gasteiger partial charge in [0, 0.05) is 5.69 Å². The molecule has 0 amide bonds. The molecule has 0 aliphatic rings. The first kappa shape index (κ1) is 13.1. The molecular formula is C16H17NO2. The quantitative estimate of drug-likeness (QED) is 0.675. The summed E-state index contributed by atoms with van der Waals surface area (Å²) in [4.78, 5) is 11.7. The molecule has 0 saturated heterocycles. The van der Waals surface area contributed by atoms with E-state index in [-0.39, 0.29) is 12.4 Å². The van der Waals surface area contributed by atoms with Crippen LogP contribution >= 0.6 is 0 Å². The van der Waals surface area contributed by atoms with E-state index in [1.54, 1.807) is 12.1 Å². The number of hydrogen-bond acceptors (Lipinski definition) is 3. The summed E-state index contributed by atoms with van der Waals surface area (Å²) in [7, 11) is 0. The van der Waals surface area contributed by atoms with Crippen molar-refractivity contribution in [3.63, 3.8) is 0 Å². The number of anilines is 1. The van der Waals surface area contributed by atoms with Crippen LogP contribution < -0.4 is 5.73 Å². The Morgan fingerprint density at radius 2 is 1.79 bits per heavy atom. The van der Waals surface area contributed by atoms with Gasteiger partial charge in [-0.05, 0) is 35.7 Å². The van der Waals surface area contributed by atoms with Gasteiger partial charge in [-0.25, -0.2) is 0 Å². The lowest BCUT2D eigenvalue weighted by Gasteiger charge is -2.07. The molecule has 0 bridgehead atoms. The monoisotopic (exact) mass is 255 g/mol. The van der Waals surface area contributed by atoms with Gasteiger partial charge in [0.2, 0.25) is 0 Å². The highest BCUT2D eigenvalue weighted by Crippen LogP contribution is 2.10. The van der Waals surface area contributed by atoms with Crippen LogP contribution in [0.1, 0.15) is 16.7 Å². The minimum absolute atomic E-state index is 0.229. The number of rotatable bonds is 4. The van der Waals surface area contributed by atoms with Crippen LogP contribution in [0.25, 0.3) is 0 Å². The first-order valence-corrected chi connectivity index (χ1v) is 6.19. The number of nitrogen functional groups attached to an aromatic ring is 1. The highest BCUT2D eigenvalue weighted by atomic mass is 16.5. The van der Waals surface area contributed by atoms with E-state index in [0.29, 0.717) is 12.3 Å². The molecule has 2 N–H and O–H groups in total. The Kier molecular flexibility index (Phi) is 4.18. The normalized spacial score (nSPS) is 10.2. The summed E-state index contributed by atoms with van der Waals surface area (Å²) >= 11 is 0. The molecule has 2 aromatic rings. The zero-order chi connectivity index (χ0) is 13.7. The van der Waals surface area contributed by atoms with Crippen LogP contribution in [0.3, 0.4) is 0 Å².